The zero-order chi connectivity index (χ0) is 15.2. The Morgan fingerprint density at radius 3 is 2.24 bits per heavy atom. The molecule has 2 rings (SSSR count). The monoisotopic (exact) mass is 287 g/mol. The van der Waals surface area contributed by atoms with Crippen LogP contribution >= 0.6 is 0 Å². The predicted molar refractivity (Wildman–Crippen MR) is 84.4 cm³/mol. The molecule has 0 aliphatic heterocycles. The van der Waals surface area contributed by atoms with Gasteiger partial charge in [-0.25, -0.2) is 5.06 Å². The summed E-state index contributed by atoms with van der Waals surface area (Å²) in [5, 5.41) is 1.78. The van der Waals surface area contributed by atoms with Gasteiger partial charge in [-0.05, 0) is 38.1 Å². The van der Waals surface area contributed by atoms with Crippen molar-refractivity contribution in [1.29, 1.82) is 0 Å². The van der Waals surface area contributed by atoms with Crippen LogP contribution in [-0.4, -0.2) is 20.8 Å². The van der Waals surface area contributed by atoms with Gasteiger partial charge in [-0.3, -0.25) is 0 Å². The number of nitrogens with zero attached hydrogens (tertiary/aromatic N) is 1. The number of para-hydroxylation sites is 1. The Morgan fingerprint density at radius 1 is 0.952 bits per heavy atom. The normalized spacial score (nSPS) is 10.1. The first-order valence-electron chi connectivity index (χ1n) is 6.92. The fraction of sp³-hybridized carbons (Fsp3) is 0.294. The van der Waals surface area contributed by atoms with Gasteiger partial charge in [0.05, 0.1) is 20.8 Å². The molecule has 0 saturated carbocycles. The Labute approximate surface area is 125 Å². The maximum Gasteiger partial charge on any atom is 0.187 e. The summed E-state index contributed by atoms with van der Waals surface area (Å²) in [7, 11) is 3.25. The number of hydroxylamine groups is 1. The number of hydrogen-bond donors (Lipinski definition) is 0. The fourth-order valence-electron chi connectivity index (χ4n) is 2.08. The van der Waals surface area contributed by atoms with Gasteiger partial charge in [0.25, 0.3) is 0 Å². The molecule has 0 spiro atoms. The van der Waals surface area contributed by atoms with Crippen LogP contribution in [-0.2, 0) is 0 Å². The molecule has 0 atom stereocenters. The first kappa shape index (κ1) is 15.0. The van der Waals surface area contributed by atoms with E-state index in [-0.39, 0.29) is 0 Å². The van der Waals surface area contributed by atoms with Crippen LogP contribution in [0, 0.1) is 6.92 Å². The van der Waals surface area contributed by atoms with E-state index in [0.717, 1.165) is 11.4 Å². The molecule has 0 aliphatic rings. The van der Waals surface area contributed by atoms with Crippen LogP contribution in [0.5, 0.6) is 17.2 Å². The molecule has 21 heavy (non-hydrogen) atoms. The average Bonchev–Trinajstić information content (AvgIpc) is 2.53. The predicted octanol–water partition coefficient (Wildman–Crippen LogP) is 3.83. The molecule has 0 heterocycles. The maximum atomic E-state index is 5.94. The summed E-state index contributed by atoms with van der Waals surface area (Å²) in [4.78, 5) is 5.94. The molecule has 0 aliphatic carbocycles. The van der Waals surface area contributed by atoms with Crippen LogP contribution in [0.1, 0.15) is 12.5 Å². The Balaban J connectivity index is 2.31. The van der Waals surface area contributed by atoms with Gasteiger partial charge < -0.3 is 14.3 Å². The van der Waals surface area contributed by atoms with E-state index >= 15 is 0 Å². The van der Waals surface area contributed by atoms with Crippen molar-refractivity contribution in [3.63, 3.8) is 0 Å². The highest BCUT2D eigenvalue weighted by atomic mass is 16.7. The summed E-state index contributed by atoms with van der Waals surface area (Å²) in [6.45, 7) is 4.75. The van der Waals surface area contributed by atoms with Gasteiger partial charge in [0, 0.05) is 0 Å². The van der Waals surface area contributed by atoms with E-state index in [9.17, 15) is 0 Å². The molecular weight excluding hydrogens is 266 g/mol. The van der Waals surface area contributed by atoms with E-state index in [1.807, 2.05) is 56.3 Å². The number of hydrogen-bond acceptors (Lipinski definition) is 4. The molecule has 0 aromatic heterocycles. The molecule has 0 fully saturated rings. The van der Waals surface area contributed by atoms with Crippen molar-refractivity contribution >= 4 is 5.69 Å². The largest absolute Gasteiger partial charge is 0.493 e. The Kier molecular flexibility index (Phi) is 4.93. The number of methoxy groups -OCH3 is 2. The summed E-state index contributed by atoms with van der Waals surface area (Å²) in [6, 6.07) is 13.7. The molecule has 112 valence electrons. The Morgan fingerprint density at radius 2 is 1.67 bits per heavy atom. The molecule has 0 N–H and O–H groups in total. The van der Waals surface area contributed by atoms with Crippen molar-refractivity contribution in [2.75, 3.05) is 25.8 Å². The van der Waals surface area contributed by atoms with E-state index < -0.39 is 0 Å². The third kappa shape index (κ3) is 3.40. The van der Waals surface area contributed by atoms with E-state index in [4.69, 9.17) is 14.3 Å². The van der Waals surface area contributed by atoms with Crippen molar-refractivity contribution in [1.82, 2.24) is 0 Å². The smallest absolute Gasteiger partial charge is 0.187 e. The van der Waals surface area contributed by atoms with Crippen molar-refractivity contribution < 1.29 is 14.3 Å². The lowest BCUT2D eigenvalue weighted by atomic mass is 10.2. The quantitative estimate of drug-likeness (QED) is 0.755. The second-order valence-electron chi connectivity index (χ2n) is 4.61. The highest BCUT2D eigenvalue weighted by Crippen LogP contribution is 2.37. The van der Waals surface area contributed by atoms with E-state index in [0.29, 0.717) is 18.0 Å². The number of aryl methyl sites for hydroxylation is 1. The molecular formula is C17H21NO3. The summed E-state index contributed by atoms with van der Waals surface area (Å²) in [5.74, 6) is 2.13. The summed E-state index contributed by atoms with van der Waals surface area (Å²) >= 11 is 0. The molecule has 0 radical (unpaired) electrons. The highest BCUT2D eigenvalue weighted by Gasteiger charge is 2.16. The Hall–Kier alpha value is -2.36. The standard InChI is InChI=1S/C17H21NO3/c1-5-18(21-14-11-9-13(2)10-12-14)15-7-6-8-16(19-3)17(15)20-4/h6-12H,5H2,1-4H3. The third-order valence-electron chi connectivity index (χ3n) is 3.17. The van der Waals surface area contributed by atoms with E-state index in [1.165, 1.54) is 5.56 Å². The van der Waals surface area contributed by atoms with Gasteiger partial charge in [0.2, 0.25) is 0 Å². The maximum absolute atomic E-state index is 5.94. The van der Waals surface area contributed by atoms with Gasteiger partial charge >= 0.3 is 0 Å². The third-order valence-corrected chi connectivity index (χ3v) is 3.17. The molecule has 4 heteroatoms. The topological polar surface area (TPSA) is 30.9 Å². The van der Waals surface area contributed by atoms with E-state index in [1.54, 1.807) is 19.3 Å². The zero-order valence-corrected chi connectivity index (χ0v) is 12.9. The van der Waals surface area contributed by atoms with Crippen molar-refractivity contribution in [3.8, 4) is 17.2 Å². The Bertz CT molecular complexity index is 581. The van der Waals surface area contributed by atoms with Gasteiger partial charge in [-0.2, -0.15) is 0 Å². The minimum absolute atomic E-state index is 0.661. The lowest BCUT2D eigenvalue weighted by molar-refractivity contribution is 0.276. The van der Waals surface area contributed by atoms with Crippen molar-refractivity contribution in [3.05, 3.63) is 48.0 Å². The SMILES string of the molecule is CCN(Oc1ccc(C)cc1)c1cccc(OC)c1OC. The number of rotatable bonds is 6. The lowest BCUT2D eigenvalue weighted by Gasteiger charge is -2.25. The van der Waals surface area contributed by atoms with Crippen LogP contribution in [0.2, 0.25) is 0 Å². The number of anilines is 1. The second kappa shape index (κ2) is 6.88. The summed E-state index contributed by atoms with van der Waals surface area (Å²) in [5.41, 5.74) is 2.03. The summed E-state index contributed by atoms with van der Waals surface area (Å²) < 4.78 is 10.8. The van der Waals surface area contributed by atoms with Crippen LogP contribution in [0.3, 0.4) is 0 Å². The molecule has 0 unspecified atom stereocenters. The van der Waals surface area contributed by atoms with Gasteiger partial charge in [0.1, 0.15) is 5.69 Å². The second-order valence-corrected chi connectivity index (χ2v) is 4.61. The molecule has 2 aromatic rings. The van der Waals surface area contributed by atoms with Crippen molar-refractivity contribution in [2.45, 2.75) is 13.8 Å². The molecule has 2 aromatic carbocycles. The van der Waals surface area contributed by atoms with Gasteiger partial charge in [0.15, 0.2) is 17.2 Å². The number of ether oxygens (including phenoxy) is 2. The highest BCUT2D eigenvalue weighted by molar-refractivity contribution is 5.63. The minimum atomic E-state index is 0.661. The van der Waals surface area contributed by atoms with Gasteiger partial charge in [-0.15, -0.1) is 0 Å². The zero-order valence-electron chi connectivity index (χ0n) is 12.9. The van der Waals surface area contributed by atoms with Gasteiger partial charge in [-0.1, -0.05) is 23.8 Å². The molecule has 4 nitrogen and oxygen atoms in total. The minimum Gasteiger partial charge on any atom is -0.493 e. The molecule has 0 bridgehead atoms. The summed E-state index contributed by atoms with van der Waals surface area (Å²) in [6.07, 6.45) is 0. The van der Waals surface area contributed by atoms with Crippen molar-refractivity contribution in [2.24, 2.45) is 0 Å². The van der Waals surface area contributed by atoms with Crippen LogP contribution in [0.4, 0.5) is 5.69 Å². The average molecular weight is 287 g/mol. The van der Waals surface area contributed by atoms with Crippen LogP contribution in [0.15, 0.2) is 42.5 Å². The van der Waals surface area contributed by atoms with Crippen LogP contribution < -0.4 is 19.4 Å². The lowest BCUT2D eigenvalue weighted by Crippen LogP contribution is -2.27. The molecule has 0 amide bonds. The van der Waals surface area contributed by atoms with Crippen LogP contribution in [0.25, 0.3) is 0 Å². The first-order valence-corrected chi connectivity index (χ1v) is 6.92. The molecule has 0 saturated heterocycles. The number of benzene rings is 2. The fourth-order valence-corrected chi connectivity index (χ4v) is 2.08. The first-order chi connectivity index (χ1) is 10.2. The van der Waals surface area contributed by atoms with E-state index in [2.05, 4.69) is 0 Å².